The number of hydrogen-bond donors (Lipinski definition) is 1. The van der Waals surface area contributed by atoms with Gasteiger partial charge in [0.25, 0.3) is 0 Å². The van der Waals surface area contributed by atoms with E-state index in [1.807, 2.05) is 49.4 Å². The Hall–Kier alpha value is -2.54. The second-order valence-electron chi connectivity index (χ2n) is 6.92. The topological polar surface area (TPSA) is 75.7 Å². The van der Waals surface area contributed by atoms with Gasteiger partial charge in [0.15, 0.2) is 0 Å². The Labute approximate surface area is 173 Å². The van der Waals surface area contributed by atoms with Crippen molar-refractivity contribution in [2.45, 2.75) is 33.1 Å². The Balaban J connectivity index is 1.74. The molecule has 2 aromatic rings. The first-order valence-electron chi connectivity index (χ1n) is 9.83. The zero-order valence-corrected chi connectivity index (χ0v) is 18.2. The van der Waals surface area contributed by atoms with Crippen LogP contribution in [0.5, 0.6) is 5.75 Å². The van der Waals surface area contributed by atoms with Crippen molar-refractivity contribution in [2.24, 2.45) is 0 Å². The number of benzene rings is 2. The van der Waals surface area contributed by atoms with E-state index in [-0.39, 0.29) is 18.9 Å². The molecule has 0 aliphatic rings. The molecule has 0 heterocycles. The van der Waals surface area contributed by atoms with Gasteiger partial charge in [-0.25, -0.2) is 8.42 Å². The summed E-state index contributed by atoms with van der Waals surface area (Å²) in [5.74, 6) is 0.659. The molecule has 2 rings (SSSR count). The lowest BCUT2D eigenvalue weighted by molar-refractivity contribution is -0.121. The van der Waals surface area contributed by atoms with Crippen molar-refractivity contribution < 1.29 is 17.9 Å². The van der Waals surface area contributed by atoms with Gasteiger partial charge in [-0.15, -0.1) is 0 Å². The Morgan fingerprint density at radius 2 is 1.79 bits per heavy atom. The molecule has 0 aliphatic heterocycles. The Morgan fingerprint density at radius 3 is 2.41 bits per heavy atom. The maximum absolute atomic E-state index is 12.2. The lowest BCUT2D eigenvalue weighted by atomic mass is 10.2. The van der Waals surface area contributed by atoms with E-state index in [0.717, 1.165) is 17.7 Å². The molecule has 0 radical (unpaired) electrons. The molecular weight excluding hydrogens is 388 g/mol. The minimum atomic E-state index is -3.41. The predicted octanol–water partition coefficient (Wildman–Crippen LogP) is 3.30. The van der Waals surface area contributed by atoms with Gasteiger partial charge in [-0.05, 0) is 49.1 Å². The van der Waals surface area contributed by atoms with E-state index in [0.29, 0.717) is 25.3 Å². The highest BCUT2D eigenvalue weighted by molar-refractivity contribution is 7.92. The maximum atomic E-state index is 12.2. The molecule has 2 aromatic carbocycles. The zero-order chi connectivity index (χ0) is 21.3. The first-order valence-corrected chi connectivity index (χ1v) is 11.7. The number of anilines is 1. The molecule has 0 saturated heterocycles. The van der Waals surface area contributed by atoms with Crippen molar-refractivity contribution in [3.63, 3.8) is 0 Å². The second-order valence-corrected chi connectivity index (χ2v) is 8.83. The van der Waals surface area contributed by atoms with Crippen LogP contribution >= 0.6 is 0 Å². The summed E-state index contributed by atoms with van der Waals surface area (Å²) in [4.78, 5) is 12.0. The van der Waals surface area contributed by atoms with E-state index in [2.05, 4.69) is 12.2 Å². The monoisotopic (exact) mass is 418 g/mol. The number of nitrogens with zero attached hydrogens (tertiary/aromatic N) is 1. The van der Waals surface area contributed by atoms with Crippen LogP contribution in [-0.2, 0) is 21.2 Å². The summed E-state index contributed by atoms with van der Waals surface area (Å²) in [6, 6.07) is 15.2. The SMILES string of the molecule is CCc1ccc(OCCNC(=O)CCCN(c2ccccc2C)S(C)(=O)=O)cc1. The first-order chi connectivity index (χ1) is 13.8. The van der Waals surface area contributed by atoms with Crippen LogP contribution in [-0.4, -0.2) is 40.3 Å². The Bertz CT molecular complexity index is 895. The number of carbonyl (C=O) groups is 1. The second kappa shape index (κ2) is 10.9. The van der Waals surface area contributed by atoms with Gasteiger partial charge in [0.1, 0.15) is 12.4 Å². The van der Waals surface area contributed by atoms with Gasteiger partial charge in [0.05, 0.1) is 18.5 Å². The molecule has 29 heavy (non-hydrogen) atoms. The van der Waals surface area contributed by atoms with Crippen LogP contribution in [0.15, 0.2) is 48.5 Å². The van der Waals surface area contributed by atoms with Gasteiger partial charge in [0.2, 0.25) is 15.9 Å². The van der Waals surface area contributed by atoms with Crippen LogP contribution in [0.25, 0.3) is 0 Å². The number of amides is 1. The third-order valence-corrected chi connectivity index (χ3v) is 5.75. The quantitative estimate of drug-likeness (QED) is 0.568. The largest absolute Gasteiger partial charge is 0.492 e. The fourth-order valence-electron chi connectivity index (χ4n) is 2.96. The zero-order valence-electron chi connectivity index (χ0n) is 17.3. The van der Waals surface area contributed by atoms with Crippen molar-refractivity contribution in [3.05, 3.63) is 59.7 Å². The summed E-state index contributed by atoms with van der Waals surface area (Å²) in [6.07, 6.45) is 2.86. The fraction of sp³-hybridized carbons (Fsp3) is 0.409. The molecule has 0 aromatic heterocycles. The Kier molecular flexibility index (Phi) is 8.51. The third kappa shape index (κ3) is 7.42. The number of sulfonamides is 1. The summed E-state index contributed by atoms with van der Waals surface area (Å²) < 4.78 is 31.3. The smallest absolute Gasteiger partial charge is 0.232 e. The van der Waals surface area contributed by atoms with Crippen molar-refractivity contribution >= 4 is 21.6 Å². The number of nitrogens with one attached hydrogen (secondary N) is 1. The van der Waals surface area contributed by atoms with Crippen molar-refractivity contribution in [3.8, 4) is 5.75 Å². The van der Waals surface area contributed by atoms with Crippen LogP contribution < -0.4 is 14.4 Å². The predicted molar refractivity (Wildman–Crippen MR) is 117 cm³/mol. The number of hydrogen-bond acceptors (Lipinski definition) is 4. The van der Waals surface area contributed by atoms with Gasteiger partial charge in [-0.3, -0.25) is 9.10 Å². The lowest BCUT2D eigenvalue weighted by Crippen LogP contribution is -2.33. The van der Waals surface area contributed by atoms with E-state index in [1.54, 1.807) is 6.07 Å². The van der Waals surface area contributed by atoms with Crippen LogP contribution in [0.2, 0.25) is 0 Å². The number of para-hydroxylation sites is 1. The highest BCUT2D eigenvalue weighted by Gasteiger charge is 2.18. The van der Waals surface area contributed by atoms with Gasteiger partial charge in [-0.2, -0.15) is 0 Å². The Morgan fingerprint density at radius 1 is 1.10 bits per heavy atom. The average Bonchev–Trinajstić information content (AvgIpc) is 2.69. The number of aryl methyl sites for hydroxylation is 2. The lowest BCUT2D eigenvalue weighted by Gasteiger charge is -2.24. The van der Waals surface area contributed by atoms with Gasteiger partial charge >= 0.3 is 0 Å². The fourth-order valence-corrected chi connectivity index (χ4v) is 3.98. The summed E-state index contributed by atoms with van der Waals surface area (Å²) in [6.45, 7) is 5.02. The number of carbonyl (C=O) groups excluding carboxylic acids is 1. The van der Waals surface area contributed by atoms with E-state index in [9.17, 15) is 13.2 Å². The van der Waals surface area contributed by atoms with Gasteiger partial charge in [-0.1, -0.05) is 37.3 Å². The average molecular weight is 419 g/mol. The van der Waals surface area contributed by atoms with Crippen molar-refractivity contribution in [1.82, 2.24) is 5.32 Å². The summed E-state index contributed by atoms with van der Waals surface area (Å²) >= 11 is 0. The normalized spacial score (nSPS) is 11.1. The molecule has 0 saturated carbocycles. The molecule has 158 valence electrons. The molecule has 1 amide bonds. The summed E-state index contributed by atoms with van der Waals surface area (Å²) in [5.41, 5.74) is 2.78. The molecule has 0 bridgehead atoms. The highest BCUT2D eigenvalue weighted by Crippen LogP contribution is 2.22. The summed E-state index contributed by atoms with van der Waals surface area (Å²) in [5, 5.41) is 2.81. The van der Waals surface area contributed by atoms with Crippen LogP contribution in [0.4, 0.5) is 5.69 Å². The molecule has 6 nitrogen and oxygen atoms in total. The molecule has 0 spiro atoms. The van der Waals surface area contributed by atoms with Crippen LogP contribution in [0.3, 0.4) is 0 Å². The molecule has 0 atom stereocenters. The summed E-state index contributed by atoms with van der Waals surface area (Å²) in [7, 11) is -3.41. The van der Waals surface area contributed by atoms with Crippen LogP contribution in [0, 0.1) is 6.92 Å². The molecule has 0 fully saturated rings. The molecule has 1 N–H and O–H groups in total. The minimum Gasteiger partial charge on any atom is -0.492 e. The van der Waals surface area contributed by atoms with E-state index >= 15 is 0 Å². The van der Waals surface area contributed by atoms with Gasteiger partial charge in [0, 0.05) is 13.0 Å². The van der Waals surface area contributed by atoms with E-state index < -0.39 is 10.0 Å². The van der Waals surface area contributed by atoms with Crippen molar-refractivity contribution in [1.29, 1.82) is 0 Å². The highest BCUT2D eigenvalue weighted by atomic mass is 32.2. The molecule has 7 heteroatoms. The van der Waals surface area contributed by atoms with Crippen molar-refractivity contribution in [2.75, 3.05) is 30.3 Å². The number of rotatable bonds is 11. The van der Waals surface area contributed by atoms with Crippen LogP contribution in [0.1, 0.15) is 30.9 Å². The van der Waals surface area contributed by atoms with E-state index in [4.69, 9.17) is 4.74 Å². The minimum absolute atomic E-state index is 0.117. The van der Waals surface area contributed by atoms with Gasteiger partial charge < -0.3 is 10.1 Å². The standard InChI is InChI=1S/C22H30N2O4S/c1-4-19-11-13-20(14-12-19)28-17-15-23-22(25)10-7-16-24(29(3,26)27)21-9-6-5-8-18(21)2/h5-6,8-9,11-14H,4,7,10,15-17H2,1-3H3,(H,23,25). The molecular formula is C22H30N2O4S. The molecule has 0 unspecified atom stereocenters. The molecule has 0 aliphatic carbocycles. The first kappa shape index (κ1) is 22.7. The van der Waals surface area contributed by atoms with E-state index in [1.165, 1.54) is 16.1 Å². The third-order valence-electron chi connectivity index (χ3n) is 4.57. The number of ether oxygens (including phenoxy) is 1. The maximum Gasteiger partial charge on any atom is 0.232 e.